The fourth-order valence-electron chi connectivity index (χ4n) is 2.33. The molecule has 0 aliphatic heterocycles. The lowest BCUT2D eigenvalue weighted by atomic mass is 10.0. The standard InChI is InChI=1S/C13H27N3O.2ClH/c1-4-10(2)16(3)9-8-15-13(17)11-6-5-7-12(11)14;;/h10-12H,4-9,14H2,1-3H3,(H,15,17);2*1H. The molecule has 1 amide bonds. The third-order valence-corrected chi connectivity index (χ3v) is 4.01. The van der Waals surface area contributed by atoms with Crippen molar-refractivity contribution in [2.24, 2.45) is 11.7 Å². The molecule has 0 aromatic heterocycles. The maximum atomic E-state index is 11.9. The van der Waals surface area contributed by atoms with Gasteiger partial charge in [-0.2, -0.15) is 0 Å². The summed E-state index contributed by atoms with van der Waals surface area (Å²) >= 11 is 0. The molecule has 6 heteroatoms. The smallest absolute Gasteiger partial charge is 0.224 e. The first-order valence-electron chi connectivity index (χ1n) is 6.79. The maximum Gasteiger partial charge on any atom is 0.224 e. The van der Waals surface area contributed by atoms with Crippen LogP contribution in [0.5, 0.6) is 0 Å². The fourth-order valence-corrected chi connectivity index (χ4v) is 2.33. The van der Waals surface area contributed by atoms with Crippen LogP contribution < -0.4 is 11.1 Å². The number of hydrogen-bond donors (Lipinski definition) is 2. The third kappa shape index (κ3) is 6.80. The van der Waals surface area contributed by atoms with Crippen LogP contribution in [0.3, 0.4) is 0 Å². The van der Waals surface area contributed by atoms with Crippen LogP contribution in [0.1, 0.15) is 39.5 Å². The first kappa shape index (κ1) is 21.3. The molecule has 0 aromatic rings. The maximum absolute atomic E-state index is 11.9. The molecule has 0 bridgehead atoms. The number of amides is 1. The topological polar surface area (TPSA) is 58.4 Å². The van der Waals surface area contributed by atoms with E-state index in [2.05, 4.69) is 31.1 Å². The van der Waals surface area contributed by atoms with Gasteiger partial charge in [0.15, 0.2) is 0 Å². The Morgan fingerprint density at radius 1 is 1.42 bits per heavy atom. The van der Waals surface area contributed by atoms with Gasteiger partial charge in [-0.1, -0.05) is 13.3 Å². The molecule has 116 valence electrons. The molecule has 19 heavy (non-hydrogen) atoms. The van der Waals surface area contributed by atoms with Crippen molar-refractivity contribution in [2.75, 3.05) is 20.1 Å². The van der Waals surface area contributed by atoms with Crippen LogP contribution in [-0.2, 0) is 4.79 Å². The van der Waals surface area contributed by atoms with Gasteiger partial charge < -0.3 is 16.0 Å². The fraction of sp³-hybridized carbons (Fsp3) is 0.923. The number of halogens is 2. The minimum Gasteiger partial charge on any atom is -0.355 e. The van der Waals surface area contributed by atoms with Crippen molar-refractivity contribution in [3.05, 3.63) is 0 Å². The van der Waals surface area contributed by atoms with E-state index in [0.29, 0.717) is 6.04 Å². The molecule has 1 rings (SSSR count). The van der Waals surface area contributed by atoms with E-state index < -0.39 is 0 Å². The largest absolute Gasteiger partial charge is 0.355 e. The summed E-state index contributed by atoms with van der Waals surface area (Å²) in [5.41, 5.74) is 5.91. The van der Waals surface area contributed by atoms with Crippen molar-refractivity contribution in [3.8, 4) is 0 Å². The number of nitrogens with zero attached hydrogens (tertiary/aromatic N) is 1. The van der Waals surface area contributed by atoms with Crippen molar-refractivity contribution < 1.29 is 4.79 Å². The zero-order valence-electron chi connectivity index (χ0n) is 12.2. The van der Waals surface area contributed by atoms with Gasteiger partial charge in [0.05, 0.1) is 5.92 Å². The van der Waals surface area contributed by atoms with Gasteiger partial charge >= 0.3 is 0 Å². The number of nitrogens with one attached hydrogen (secondary N) is 1. The van der Waals surface area contributed by atoms with Gasteiger partial charge in [-0.15, -0.1) is 24.8 Å². The van der Waals surface area contributed by atoms with Gasteiger partial charge in [-0.3, -0.25) is 4.79 Å². The number of nitrogens with two attached hydrogens (primary N) is 1. The predicted molar refractivity (Wildman–Crippen MR) is 85.2 cm³/mol. The van der Waals surface area contributed by atoms with Crippen molar-refractivity contribution in [1.29, 1.82) is 0 Å². The minimum absolute atomic E-state index is 0. The summed E-state index contributed by atoms with van der Waals surface area (Å²) in [6, 6.07) is 0.642. The van der Waals surface area contributed by atoms with Crippen LogP contribution in [0.4, 0.5) is 0 Å². The summed E-state index contributed by atoms with van der Waals surface area (Å²) < 4.78 is 0. The van der Waals surface area contributed by atoms with Crippen molar-refractivity contribution in [1.82, 2.24) is 10.2 Å². The molecule has 1 saturated carbocycles. The van der Waals surface area contributed by atoms with Gasteiger partial charge in [0, 0.05) is 25.2 Å². The molecule has 3 unspecified atom stereocenters. The van der Waals surface area contributed by atoms with E-state index in [4.69, 9.17) is 5.73 Å². The Hall–Kier alpha value is -0.0300. The molecule has 1 aliphatic rings. The van der Waals surface area contributed by atoms with Crippen LogP contribution >= 0.6 is 24.8 Å². The Bertz CT molecular complexity index is 254. The third-order valence-electron chi connectivity index (χ3n) is 4.01. The molecule has 1 aliphatic carbocycles. The number of carbonyl (C=O) groups excluding carboxylic acids is 1. The first-order chi connectivity index (χ1) is 8.06. The van der Waals surface area contributed by atoms with Crippen molar-refractivity contribution >= 4 is 30.7 Å². The zero-order chi connectivity index (χ0) is 12.8. The van der Waals surface area contributed by atoms with Gasteiger partial charge in [-0.25, -0.2) is 0 Å². The Balaban J connectivity index is 0. The second kappa shape index (κ2) is 10.7. The van der Waals surface area contributed by atoms with Crippen LogP contribution in [0.25, 0.3) is 0 Å². The Kier molecular flexibility index (Phi) is 12.0. The van der Waals surface area contributed by atoms with Crippen LogP contribution in [0.15, 0.2) is 0 Å². The Labute approximate surface area is 129 Å². The molecule has 4 nitrogen and oxygen atoms in total. The lowest BCUT2D eigenvalue weighted by Crippen LogP contribution is -2.42. The quantitative estimate of drug-likeness (QED) is 0.786. The summed E-state index contributed by atoms with van der Waals surface area (Å²) in [5, 5.41) is 3.00. The Morgan fingerprint density at radius 3 is 2.53 bits per heavy atom. The van der Waals surface area contributed by atoms with Crippen molar-refractivity contribution in [3.63, 3.8) is 0 Å². The summed E-state index contributed by atoms with van der Waals surface area (Å²) in [5.74, 6) is 0.191. The molecular formula is C13H29Cl2N3O. The first-order valence-corrected chi connectivity index (χ1v) is 6.79. The van der Waals surface area contributed by atoms with E-state index in [0.717, 1.165) is 38.8 Å². The highest BCUT2D eigenvalue weighted by atomic mass is 35.5. The summed E-state index contributed by atoms with van der Waals surface area (Å²) in [7, 11) is 2.10. The van der Waals surface area contributed by atoms with Crippen LogP contribution in [0.2, 0.25) is 0 Å². The number of likely N-dealkylation sites (N-methyl/N-ethyl adjacent to an activating group) is 1. The Morgan fingerprint density at radius 2 is 2.05 bits per heavy atom. The predicted octanol–water partition coefficient (Wildman–Crippen LogP) is 1.80. The highest BCUT2D eigenvalue weighted by Gasteiger charge is 2.29. The normalized spacial score (nSPS) is 23.4. The molecule has 1 fully saturated rings. The van der Waals surface area contributed by atoms with E-state index >= 15 is 0 Å². The van der Waals surface area contributed by atoms with Gasteiger partial charge in [0.2, 0.25) is 5.91 Å². The average molecular weight is 314 g/mol. The molecule has 0 aromatic carbocycles. The lowest BCUT2D eigenvalue weighted by Gasteiger charge is -2.24. The zero-order valence-corrected chi connectivity index (χ0v) is 13.9. The second-order valence-electron chi connectivity index (χ2n) is 5.23. The molecule has 0 heterocycles. The molecule has 0 radical (unpaired) electrons. The minimum atomic E-state index is 0. The van der Waals surface area contributed by atoms with Gasteiger partial charge in [0.1, 0.15) is 0 Å². The molecule has 0 spiro atoms. The summed E-state index contributed by atoms with van der Waals surface area (Å²) in [6.07, 6.45) is 4.17. The van der Waals surface area contributed by atoms with Crippen LogP contribution in [0, 0.1) is 5.92 Å². The van der Waals surface area contributed by atoms with E-state index in [1.165, 1.54) is 0 Å². The lowest BCUT2D eigenvalue weighted by molar-refractivity contribution is -0.125. The van der Waals surface area contributed by atoms with Crippen molar-refractivity contribution in [2.45, 2.75) is 51.6 Å². The molecule has 3 N–H and O–H groups in total. The van der Waals surface area contributed by atoms with E-state index in [1.807, 2.05) is 0 Å². The number of carbonyl (C=O) groups is 1. The molecule has 0 saturated heterocycles. The van der Waals surface area contributed by atoms with Gasteiger partial charge in [-0.05, 0) is 33.2 Å². The van der Waals surface area contributed by atoms with Crippen LogP contribution in [-0.4, -0.2) is 43.0 Å². The average Bonchev–Trinajstić information content (AvgIpc) is 2.74. The number of hydrogen-bond acceptors (Lipinski definition) is 3. The van der Waals surface area contributed by atoms with E-state index in [-0.39, 0.29) is 42.7 Å². The van der Waals surface area contributed by atoms with E-state index in [9.17, 15) is 4.79 Å². The second-order valence-corrected chi connectivity index (χ2v) is 5.23. The summed E-state index contributed by atoms with van der Waals surface area (Å²) in [4.78, 5) is 14.1. The molecular weight excluding hydrogens is 285 g/mol. The number of rotatable bonds is 6. The SMILES string of the molecule is CCC(C)N(C)CCNC(=O)C1CCCC1N.Cl.Cl. The van der Waals surface area contributed by atoms with Gasteiger partial charge in [0.25, 0.3) is 0 Å². The van der Waals surface area contributed by atoms with E-state index in [1.54, 1.807) is 0 Å². The highest BCUT2D eigenvalue weighted by Crippen LogP contribution is 2.23. The monoisotopic (exact) mass is 313 g/mol. The highest BCUT2D eigenvalue weighted by molar-refractivity contribution is 5.85. The summed E-state index contributed by atoms with van der Waals surface area (Å²) in [6.45, 7) is 6.01. The molecule has 3 atom stereocenters.